The van der Waals surface area contributed by atoms with Gasteiger partial charge in [-0.3, -0.25) is 0 Å². The Hall–Kier alpha value is -2.78. The molecule has 0 unspecified atom stereocenters. The minimum absolute atomic E-state index is 0.345. The smallest absolute Gasteiger partial charge is 0.126 e. The molecule has 1 atom stereocenters. The molecule has 0 radical (unpaired) electrons. The van der Waals surface area contributed by atoms with Crippen LogP contribution >= 0.6 is 0 Å². The molecule has 0 heterocycles. The Morgan fingerprint density at radius 3 is 2.22 bits per heavy atom. The molecule has 0 aliphatic carbocycles. The highest BCUT2D eigenvalue weighted by atomic mass is 16.5. The van der Waals surface area contributed by atoms with Crippen molar-refractivity contribution >= 4 is 0 Å². The molecule has 3 heteroatoms. The molecule has 0 amide bonds. The van der Waals surface area contributed by atoms with E-state index in [0.29, 0.717) is 6.04 Å². The highest BCUT2D eigenvalue weighted by Gasteiger charge is 2.11. The summed E-state index contributed by atoms with van der Waals surface area (Å²) in [7, 11) is 3.39. The van der Waals surface area contributed by atoms with Gasteiger partial charge in [-0.05, 0) is 47.4 Å². The second-order valence-corrected chi connectivity index (χ2v) is 6.52. The molecule has 0 aliphatic heterocycles. The Balaban J connectivity index is 1.80. The summed E-state index contributed by atoms with van der Waals surface area (Å²) in [5.41, 5.74) is 4.76. The summed E-state index contributed by atoms with van der Waals surface area (Å²) < 4.78 is 10.8. The summed E-state index contributed by atoms with van der Waals surface area (Å²) in [5, 5.41) is 3.68. The molecule has 1 N–H and O–H groups in total. The first kappa shape index (κ1) is 19.0. The summed E-state index contributed by atoms with van der Waals surface area (Å²) in [6, 6.07) is 25.4. The second-order valence-electron chi connectivity index (χ2n) is 6.52. The largest absolute Gasteiger partial charge is 0.497 e. The van der Waals surface area contributed by atoms with E-state index in [9.17, 15) is 0 Å². The minimum Gasteiger partial charge on any atom is -0.497 e. The SMILES string of the molecule is CC[C@@H](NCc1ccc(OC)c(-c2ccc(OC)cc2)c1)c1ccccc1. The van der Waals surface area contributed by atoms with Crippen LogP contribution in [0.25, 0.3) is 11.1 Å². The van der Waals surface area contributed by atoms with E-state index in [4.69, 9.17) is 9.47 Å². The van der Waals surface area contributed by atoms with Crippen LogP contribution in [-0.2, 0) is 6.54 Å². The zero-order valence-corrected chi connectivity index (χ0v) is 16.2. The zero-order valence-electron chi connectivity index (χ0n) is 16.2. The molecular formula is C24H27NO2. The summed E-state index contributed by atoms with van der Waals surface area (Å²) in [4.78, 5) is 0. The summed E-state index contributed by atoms with van der Waals surface area (Å²) >= 11 is 0. The van der Waals surface area contributed by atoms with E-state index in [-0.39, 0.29) is 0 Å². The third-order valence-electron chi connectivity index (χ3n) is 4.83. The van der Waals surface area contributed by atoms with Gasteiger partial charge in [0.15, 0.2) is 0 Å². The summed E-state index contributed by atoms with van der Waals surface area (Å²) in [6.45, 7) is 3.02. The molecule has 0 fully saturated rings. The summed E-state index contributed by atoms with van der Waals surface area (Å²) in [6.07, 6.45) is 1.05. The van der Waals surface area contributed by atoms with Crippen LogP contribution in [-0.4, -0.2) is 14.2 Å². The quantitative estimate of drug-likeness (QED) is 0.565. The molecule has 27 heavy (non-hydrogen) atoms. The molecular weight excluding hydrogens is 334 g/mol. The van der Waals surface area contributed by atoms with E-state index >= 15 is 0 Å². The molecule has 0 aliphatic rings. The molecule has 3 aromatic carbocycles. The number of benzene rings is 3. The lowest BCUT2D eigenvalue weighted by molar-refractivity contribution is 0.414. The topological polar surface area (TPSA) is 30.5 Å². The maximum atomic E-state index is 5.58. The van der Waals surface area contributed by atoms with E-state index in [1.165, 1.54) is 11.1 Å². The van der Waals surface area contributed by atoms with Gasteiger partial charge < -0.3 is 14.8 Å². The number of rotatable bonds is 8. The first-order chi connectivity index (χ1) is 13.2. The second kappa shape index (κ2) is 9.24. The van der Waals surface area contributed by atoms with E-state index in [2.05, 4.69) is 66.8 Å². The van der Waals surface area contributed by atoms with Gasteiger partial charge >= 0.3 is 0 Å². The normalized spacial score (nSPS) is 11.8. The van der Waals surface area contributed by atoms with Gasteiger partial charge in [0.1, 0.15) is 11.5 Å². The van der Waals surface area contributed by atoms with Gasteiger partial charge in [0, 0.05) is 18.2 Å². The Kier molecular flexibility index (Phi) is 6.50. The molecule has 3 aromatic rings. The van der Waals surface area contributed by atoms with Crippen molar-refractivity contribution in [1.29, 1.82) is 0 Å². The molecule has 140 valence electrons. The van der Waals surface area contributed by atoms with Gasteiger partial charge in [0.25, 0.3) is 0 Å². The van der Waals surface area contributed by atoms with Crippen molar-refractivity contribution in [2.45, 2.75) is 25.9 Å². The van der Waals surface area contributed by atoms with Crippen molar-refractivity contribution in [3.05, 3.63) is 83.9 Å². The van der Waals surface area contributed by atoms with Gasteiger partial charge in [-0.15, -0.1) is 0 Å². The van der Waals surface area contributed by atoms with Crippen LogP contribution in [0.5, 0.6) is 11.5 Å². The minimum atomic E-state index is 0.345. The fourth-order valence-corrected chi connectivity index (χ4v) is 3.29. The highest BCUT2D eigenvalue weighted by molar-refractivity contribution is 5.71. The van der Waals surface area contributed by atoms with E-state index in [1.807, 2.05) is 18.2 Å². The highest BCUT2D eigenvalue weighted by Crippen LogP contribution is 2.32. The van der Waals surface area contributed by atoms with Crippen LogP contribution in [0.3, 0.4) is 0 Å². The first-order valence-corrected chi connectivity index (χ1v) is 9.34. The van der Waals surface area contributed by atoms with Gasteiger partial charge in [0.2, 0.25) is 0 Å². The Morgan fingerprint density at radius 2 is 1.59 bits per heavy atom. The first-order valence-electron chi connectivity index (χ1n) is 9.34. The average molecular weight is 361 g/mol. The number of hydrogen-bond acceptors (Lipinski definition) is 3. The van der Waals surface area contributed by atoms with Crippen molar-refractivity contribution in [1.82, 2.24) is 5.32 Å². The summed E-state index contributed by atoms with van der Waals surface area (Å²) in [5.74, 6) is 1.73. The molecule has 0 spiro atoms. The van der Waals surface area contributed by atoms with Crippen LogP contribution in [0.15, 0.2) is 72.8 Å². The Labute approximate surface area is 162 Å². The van der Waals surface area contributed by atoms with Crippen molar-refractivity contribution in [2.24, 2.45) is 0 Å². The van der Waals surface area contributed by atoms with E-state index < -0.39 is 0 Å². The predicted molar refractivity (Wildman–Crippen MR) is 111 cm³/mol. The van der Waals surface area contributed by atoms with Crippen LogP contribution < -0.4 is 14.8 Å². The number of methoxy groups -OCH3 is 2. The lowest BCUT2D eigenvalue weighted by Crippen LogP contribution is -2.20. The Bertz CT molecular complexity index is 844. The van der Waals surface area contributed by atoms with E-state index in [1.54, 1.807) is 14.2 Å². The monoisotopic (exact) mass is 361 g/mol. The third kappa shape index (κ3) is 4.69. The van der Waals surface area contributed by atoms with Crippen molar-refractivity contribution in [3.8, 4) is 22.6 Å². The molecule has 0 saturated carbocycles. The lowest BCUT2D eigenvalue weighted by Gasteiger charge is -2.18. The molecule has 0 bridgehead atoms. The number of nitrogens with one attached hydrogen (secondary N) is 1. The maximum Gasteiger partial charge on any atom is 0.126 e. The van der Waals surface area contributed by atoms with Crippen LogP contribution in [0.2, 0.25) is 0 Å². The van der Waals surface area contributed by atoms with Crippen molar-refractivity contribution in [3.63, 3.8) is 0 Å². The van der Waals surface area contributed by atoms with E-state index in [0.717, 1.165) is 35.6 Å². The lowest BCUT2D eigenvalue weighted by atomic mass is 10.0. The van der Waals surface area contributed by atoms with Crippen LogP contribution in [0, 0.1) is 0 Å². The zero-order chi connectivity index (χ0) is 19.1. The molecule has 3 rings (SSSR count). The Morgan fingerprint density at radius 1 is 0.852 bits per heavy atom. The van der Waals surface area contributed by atoms with Crippen molar-refractivity contribution in [2.75, 3.05) is 14.2 Å². The number of hydrogen-bond donors (Lipinski definition) is 1. The van der Waals surface area contributed by atoms with Crippen molar-refractivity contribution < 1.29 is 9.47 Å². The van der Waals surface area contributed by atoms with Gasteiger partial charge in [-0.25, -0.2) is 0 Å². The molecule has 3 nitrogen and oxygen atoms in total. The average Bonchev–Trinajstić information content (AvgIpc) is 2.75. The van der Waals surface area contributed by atoms with Crippen LogP contribution in [0.1, 0.15) is 30.5 Å². The standard InChI is InChI=1S/C24H27NO2/c1-4-23(20-8-6-5-7-9-20)25-17-18-10-15-24(27-3)22(16-18)19-11-13-21(26-2)14-12-19/h5-16,23,25H,4,17H2,1-3H3/t23-/m1/s1. The van der Waals surface area contributed by atoms with Gasteiger partial charge in [-0.2, -0.15) is 0 Å². The number of ether oxygens (including phenoxy) is 2. The molecule has 0 aromatic heterocycles. The third-order valence-corrected chi connectivity index (χ3v) is 4.83. The fourth-order valence-electron chi connectivity index (χ4n) is 3.29. The fraction of sp³-hybridized carbons (Fsp3) is 0.250. The van der Waals surface area contributed by atoms with Crippen LogP contribution in [0.4, 0.5) is 0 Å². The van der Waals surface area contributed by atoms with Gasteiger partial charge in [0.05, 0.1) is 14.2 Å². The predicted octanol–water partition coefficient (Wildman–Crippen LogP) is 5.61. The maximum absolute atomic E-state index is 5.58. The molecule has 0 saturated heterocycles. The van der Waals surface area contributed by atoms with Gasteiger partial charge in [-0.1, -0.05) is 55.5 Å².